The molecule has 1 aromatic heterocycles. The van der Waals surface area contributed by atoms with E-state index in [0.717, 1.165) is 18.1 Å². The topological polar surface area (TPSA) is 88.3 Å². The highest BCUT2D eigenvalue weighted by molar-refractivity contribution is 7.91. The summed E-state index contributed by atoms with van der Waals surface area (Å²) >= 11 is 1.11. The lowest BCUT2D eigenvalue weighted by molar-refractivity contribution is 0.344. The molecule has 20 heavy (non-hydrogen) atoms. The molecular weight excluding hydrogens is 296 g/mol. The van der Waals surface area contributed by atoms with E-state index in [2.05, 4.69) is 28.4 Å². The van der Waals surface area contributed by atoms with E-state index in [1.165, 1.54) is 0 Å². The largest absolute Gasteiger partial charge is 0.382 e. The Kier molecular flexibility index (Phi) is 5.79. The highest BCUT2D eigenvalue weighted by Crippen LogP contribution is 2.33. The van der Waals surface area contributed by atoms with Crippen LogP contribution in [-0.2, 0) is 9.84 Å². The van der Waals surface area contributed by atoms with Crippen LogP contribution < -0.4 is 11.1 Å². The van der Waals surface area contributed by atoms with Gasteiger partial charge in [0.25, 0.3) is 0 Å². The summed E-state index contributed by atoms with van der Waals surface area (Å²) in [7, 11) is 0.607. The van der Waals surface area contributed by atoms with E-state index >= 15 is 0 Å². The van der Waals surface area contributed by atoms with Crippen molar-refractivity contribution in [3.63, 3.8) is 0 Å². The molecule has 1 atom stereocenters. The van der Waals surface area contributed by atoms with E-state index in [9.17, 15) is 8.42 Å². The van der Waals surface area contributed by atoms with Gasteiger partial charge in [-0.2, -0.15) is 4.37 Å². The number of nitrogen functional groups attached to an aromatic ring is 1. The van der Waals surface area contributed by atoms with Crippen LogP contribution in [0.4, 0.5) is 10.8 Å². The zero-order valence-electron chi connectivity index (χ0n) is 12.7. The van der Waals surface area contributed by atoms with E-state index in [4.69, 9.17) is 5.73 Å². The number of nitrogens with zero attached hydrogens (tertiary/aromatic N) is 2. The molecule has 0 radical (unpaired) electrons. The summed E-state index contributed by atoms with van der Waals surface area (Å²) in [4.78, 5) is 2.21. The van der Waals surface area contributed by atoms with Gasteiger partial charge in [-0.3, -0.25) is 0 Å². The van der Waals surface area contributed by atoms with Gasteiger partial charge in [0, 0.05) is 12.6 Å². The lowest BCUT2D eigenvalue weighted by Gasteiger charge is -2.26. The minimum Gasteiger partial charge on any atom is -0.382 e. The van der Waals surface area contributed by atoms with Crippen LogP contribution in [0.25, 0.3) is 0 Å². The number of anilines is 2. The first kappa shape index (κ1) is 17.2. The normalized spacial score (nSPS) is 13.9. The molecule has 0 bridgehead atoms. The molecule has 0 saturated heterocycles. The van der Waals surface area contributed by atoms with Crippen LogP contribution in [0.5, 0.6) is 0 Å². The van der Waals surface area contributed by atoms with Gasteiger partial charge in [-0.1, -0.05) is 20.8 Å². The molecule has 116 valence electrons. The van der Waals surface area contributed by atoms with Crippen molar-refractivity contribution < 1.29 is 8.42 Å². The maximum Gasteiger partial charge on any atom is 0.184 e. The third-order valence-corrected chi connectivity index (χ3v) is 5.77. The van der Waals surface area contributed by atoms with E-state index in [1.54, 1.807) is 6.92 Å². The standard InChI is InChI=1S/C12H24N4O2S2/c1-6-20(17,18)10-11(13)15-19-12(10)14-9(8(2)3)7-16(4)5/h8-9,14H,6-7H2,1-5H3,(H2,13,15). The summed E-state index contributed by atoms with van der Waals surface area (Å²) in [5.74, 6) is 0.467. The van der Waals surface area contributed by atoms with Crippen LogP contribution in [0, 0.1) is 5.92 Å². The number of nitrogens with two attached hydrogens (primary N) is 1. The fourth-order valence-electron chi connectivity index (χ4n) is 1.82. The average molecular weight is 320 g/mol. The molecule has 8 heteroatoms. The van der Waals surface area contributed by atoms with Gasteiger partial charge < -0.3 is 16.0 Å². The molecule has 0 aliphatic rings. The third kappa shape index (κ3) is 4.07. The molecule has 0 fully saturated rings. The van der Waals surface area contributed by atoms with Crippen molar-refractivity contribution in [1.82, 2.24) is 9.27 Å². The molecule has 0 aliphatic carbocycles. The van der Waals surface area contributed by atoms with Crippen LogP contribution in [0.1, 0.15) is 20.8 Å². The van der Waals surface area contributed by atoms with E-state index < -0.39 is 9.84 Å². The van der Waals surface area contributed by atoms with Crippen molar-refractivity contribution in [1.29, 1.82) is 0 Å². The number of hydrogen-bond donors (Lipinski definition) is 2. The molecule has 0 aromatic carbocycles. The monoisotopic (exact) mass is 320 g/mol. The molecule has 1 unspecified atom stereocenters. The zero-order chi connectivity index (χ0) is 15.5. The highest BCUT2D eigenvalue weighted by Gasteiger charge is 2.26. The maximum atomic E-state index is 12.1. The molecule has 0 saturated carbocycles. The second-order valence-corrected chi connectivity index (χ2v) is 8.38. The Morgan fingerprint density at radius 3 is 2.45 bits per heavy atom. The Balaban J connectivity index is 3.09. The number of hydrogen-bond acceptors (Lipinski definition) is 7. The number of sulfone groups is 1. The van der Waals surface area contributed by atoms with Crippen LogP contribution >= 0.6 is 11.5 Å². The second kappa shape index (κ2) is 6.73. The van der Waals surface area contributed by atoms with Crippen LogP contribution in [0.3, 0.4) is 0 Å². The Bertz CT molecular complexity index is 538. The minimum absolute atomic E-state index is 0.0182. The number of aromatic nitrogens is 1. The Morgan fingerprint density at radius 2 is 2.00 bits per heavy atom. The first-order chi connectivity index (χ1) is 9.19. The summed E-state index contributed by atoms with van der Waals surface area (Å²) in [5, 5.41) is 3.84. The van der Waals surface area contributed by atoms with Crippen molar-refractivity contribution in [3.05, 3.63) is 0 Å². The average Bonchev–Trinajstić information content (AvgIpc) is 2.69. The Hall–Kier alpha value is -0.860. The summed E-state index contributed by atoms with van der Waals surface area (Å²) in [6.07, 6.45) is 0. The molecule has 1 aromatic rings. The summed E-state index contributed by atoms with van der Waals surface area (Å²) in [6.45, 7) is 6.61. The van der Waals surface area contributed by atoms with Crippen molar-refractivity contribution in [3.8, 4) is 0 Å². The van der Waals surface area contributed by atoms with E-state index in [-0.39, 0.29) is 22.5 Å². The highest BCUT2D eigenvalue weighted by atomic mass is 32.2. The molecule has 0 spiro atoms. The summed E-state index contributed by atoms with van der Waals surface area (Å²) in [6, 6.07) is 0.135. The van der Waals surface area contributed by atoms with Crippen LogP contribution in [0.2, 0.25) is 0 Å². The van der Waals surface area contributed by atoms with E-state index in [1.807, 2.05) is 14.1 Å². The lowest BCUT2D eigenvalue weighted by Crippen LogP contribution is -2.36. The van der Waals surface area contributed by atoms with Gasteiger partial charge in [-0.15, -0.1) is 0 Å². The number of rotatable bonds is 7. The van der Waals surface area contributed by atoms with Crippen molar-refractivity contribution in [2.75, 3.05) is 37.4 Å². The van der Waals surface area contributed by atoms with Crippen molar-refractivity contribution >= 4 is 32.2 Å². The predicted molar refractivity (Wildman–Crippen MR) is 85.1 cm³/mol. The van der Waals surface area contributed by atoms with E-state index in [0.29, 0.717) is 10.9 Å². The second-order valence-electron chi connectivity index (χ2n) is 5.39. The molecule has 1 heterocycles. The summed E-state index contributed by atoms with van der Waals surface area (Å²) < 4.78 is 28.2. The zero-order valence-corrected chi connectivity index (χ0v) is 14.3. The Morgan fingerprint density at radius 1 is 1.40 bits per heavy atom. The van der Waals surface area contributed by atoms with Gasteiger partial charge >= 0.3 is 0 Å². The van der Waals surface area contributed by atoms with Crippen molar-refractivity contribution in [2.45, 2.75) is 31.7 Å². The quantitative estimate of drug-likeness (QED) is 0.792. The number of nitrogens with one attached hydrogen (secondary N) is 1. The van der Waals surface area contributed by atoms with Crippen LogP contribution in [0.15, 0.2) is 4.90 Å². The van der Waals surface area contributed by atoms with Gasteiger partial charge in [0.05, 0.1) is 5.75 Å². The minimum atomic E-state index is -3.37. The fourth-order valence-corrected chi connectivity index (χ4v) is 4.03. The number of likely N-dealkylation sites (N-methyl/N-ethyl adjacent to an activating group) is 1. The predicted octanol–water partition coefficient (Wildman–Crippen LogP) is 1.52. The van der Waals surface area contributed by atoms with Crippen molar-refractivity contribution in [2.24, 2.45) is 5.92 Å². The molecule has 0 aliphatic heterocycles. The maximum absolute atomic E-state index is 12.1. The van der Waals surface area contributed by atoms with Gasteiger partial charge in [0.1, 0.15) is 9.90 Å². The molecular formula is C12H24N4O2S2. The van der Waals surface area contributed by atoms with Gasteiger partial charge in [-0.05, 0) is 31.5 Å². The summed E-state index contributed by atoms with van der Waals surface area (Å²) in [5.41, 5.74) is 5.73. The van der Waals surface area contributed by atoms with Gasteiger partial charge in [0.15, 0.2) is 15.7 Å². The van der Waals surface area contributed by atoms with Crippen LogP contribution in [-0.4, -0.2) is 50.1 Å². The first-order valence-electron chi connectivity index (χ1n) is 6.58. The molecule has 1 rings (SSSR count). The first-order valence-corrected chi connectivity index (χ1v) is 9.00. The Labute approximate surface area is 125 Å². The lowest BCUT2D eigenvalue weighted by atomic mass is 10.0. The molecule has 0 amide bonds. The van der Waals surface area contributed by atoms with Gasteiger partial charge in [0.2, 0.25) is 0 Å². The molecule has 3 N–H and O–H groups in total. The molecule has 6 nitrogen and oxygen atoms in total. The third-order valence-electron chi connectivity index (χ3n) is 3.05. The van der Waals surface area contributed by atoms with Gasteiger partial charge in [-0.25, -0.2) is 8.42 Å². The fraction of sp³-hybridized carbons (Fsp3) is 0.750. The smallest absolute Gasteiger partial charge is 0.184 e. The SMILES string of the molecule is CCS(=O)(=O)c1c(N)nsc1NC(CN(C)C)C(C)C.